The number of halogens is 1. The molecule has 0 amide bonds. The van der Waals surface area contributed by atoms with Gasteiger partial charge in [0.05, 0.1) is 12.7 Å². The molecular weight excluding hydrogens is 248 g/mol. The summed E-state index contributed by atoms with van der Waals surface area (Å²) in [5, 5.41) is 10.6. The van der Waals surface area contributed by atoms with Crippen molar-refractivity contribution in [3.8, 4) is 5.75 Å². The number of aliphatic hydroxyl groups is 1. The van der Waals surface area contributed by atoms with Crippen molar-refractivity contribution in [2.45, 2.75) is 12.5 Å². The highest BCUT2D eigenvalue weighted by Crippen LogP contribution is 2.24. The standard InChI is InChI=1S/C15H15ClO2/c16-14-9-5-4-8-13(14)15(17)10-11-18-12-6-2-1-3-7-12/h1-9,15,17H,10-11H2. The van der Waals surface area contributed by atoms with E-state index >= 15 is 0 Å². The number of hydrogen-bond donors (Lipinski definition) is 1. The Morgan fingerprint density at radius 2 is 1.67 bits per heavy atom. The molecule has 0 bridgehead atoms. The first-order valence-corrected chi connectivity index (χ1v) is 6.25. The molecule has 0 spiro atoms. The van der Waals surface area contributed by atoms with Crippen LogP contribution in [-0.2, 0) is 0 Å². The quantitative estimate of drug-likeness (QED) is 0.887. The lowest BCUT2D eigenvalue weighted by atomic mass is 10.1. The first-order chi connectivity index (χ1) is 8.77. The summed E-state index contributed by atoms with van der Waals surface area (Å²) in [5.74, 6) is 0.809. The average molecular weight is 263 g/mol. The summed E-state index contributed by atoms with van der Waals surface area (Å²) in [6, 6.07) is 16.9. The second-order valence-corrected chi connectivity index (χ2v) is 4.39. The molecule has 0 aliphatic rings. The Labute approximate surface area is 112 Å². The van der Waals surface area contributed by atoms with Crippen LogP contribution in [0.4, 0.5) is 0 Å². The van der Waals surface area contributed by atoms with Crippen molar-refractivity contribution >= 4 is 11.6 Å². The molecule has 0 heterocycles. The summed E-state index contributed by atoms with van der Waals surface area (Å²) >= 11 is 6.01. The molecule has 94 valence electrons. The third-order valence-electron chi connectivity index (χ3n) is 2.67. The maximum Gasteiger partial charge on any atom is 0.119 e. The molecule has 1 atom stereocenters. The Bertz CT molecular complexity index is 485. The molecule has 0 fully saturated rings. The molecule has 2 rings (SSSR count). The highest BCUT2D eigenvalue weighted by Gasteiger charge is 2.10. The molecule has 0 radical (unpaired) electrons. The van der Waals surface area contributed by atoms with Crippen molar-refractivity contribution in [3.63, 3.8) is 0 Å². The van der Waals surface area contributed by atoms with E-state index in [2.05, 4.69) is 0 Å². The van der Waals surface area contributed by atoms with Crippen molar-refractivity contribution in [1.29, 1.82) is 0 Å². The molecule has 2 aromatic carbocycles. The molecule has 2 nitrogen and oxygen atoms in total. The fourth-order valence-electron chi connectivity index (χ4n) is 1.71. The molecule has 1 N–H and O–H groups in total. The van der Waals surface area contributed by atoms with Gasteiger partial charge in [-0.2, -0.15) is 0 Å². The fourth-order valence-corrected chi connectivity index (χ4v) is 1.97. The molecule has 3 heteroatoms. The largest absolute Gasteiger partial charge is 0.493 e. The van der Waals surface area contributed by atoms with Crippen molar-refractivity contribution in [3.05, 3.63) is 65.2 Å². The smallest absolute Gasteiger partial charge is 0.119 e. The monoisotopic (exact) mass is 262 g/mol. The maximum atomic E-state index is 10.0. The third kappa shape index (κ3) is 3.49. The van der Waals surface area contributed by atoms with Crippen LogP contribution in [0.25, 0.3) is 0 Å². The average Bonchev–Trinajstić information content (AvgIpc) is 2.40. The van der Waals surface area contributed by atoms with Gasteiger partial charge in [0.15, 0.2) is 0 Å². The van der Waals surface area contributed by atoms with Crippen LogP contribution in [-0.4, -0.2) is 11.7 Å². The van der Waals surface area contributed by atoms with Gasteiger partial charge in [-0.3, -0.25) is 0 Å². The van der Waals surface area contributed by atoms with Crippen molar-refractivity contribution in [2.75, 3.05) is 6.61 Å². The van der Waals surface area contributed by atoms with Gasteiger partial charge in [0, 0.05) is 11.4 Å². The number of para-hydroxylation sites is 1. The van der Waals surface area contributed by atoms with E-state index in [1.807, 2.05) is 48.5 Å². The summed E-state index contributed by atoms with van der Waals surface area (Å²) in [6.07, 6.45) is -0.0825. The minimum atomic E-state index is -0.595. The minimum Gasteiger partial charge on any atom is -0.493 e. The topological polar surface area (TPSA) is 29.5 Å². The number of hydrogen-bond acceptors (Lipinski definition) is 2. The van der Waals surface area contributed by atoms with E-state index in [0.29, 0.717) is 18.1 Å². The zero-order valence-electron chi connectivity index (χ0n) is 9.92. The molecule has 0 aromatic heterocycles. The van der Waals surface area contributed by atoms with E-state index < -0.39 is 6.10 Å². The lowest BCUT2D eigenvalue weighted by molar-refractivity contribution is 0.141. The van der Waals surface area contributed by atoms with Gasteiger partial charge in [0.25, 0.3) is 0 Å². The van der Waals surface area contributed by atoms with Crippen LogP contribution in [0.5, 0.6) is 5.75 Å². The Kier molecular flexibility index (Phi) is 4.62. The Morgan fingerprint density at radius 3 is 2.39 bits per heavy atom. The molecule has 18 heavy (non-hydrogen) atoms. The van der Waals surface area contributed by atoms with Gasteiger partial charge in [0.2, 0.25) is 0 Å². The van der Waals surface area contributed by atoms with Crippen LogP contribution in [0.2, 0.25) is 5.02 Å². The molecule has 0 saturated heterocycles. The predicted molar refractivity (Wildman–Crippen MR) is 73.0 cm³/mol. The van der Waals surface area contributed by atoms with E-state index in [1.54, 1.807) is 6.07 Å². The second kappa shape index (κ2) is 6.43. The Morgan fingerprint density at radius 1 is 1.00 bits per heavy atom. The van der Waals surface area contributed by atoms with E-state index in [0.717, 1.165) is 11.3 Å². The summed E-state index contributed by atoms with van der Waals surface area (Å²) in [7, 11) is 0. The van der Waals surface area contributed by atoms with Crippen molar-refractivity contribution < 1.29 is 9.84 Å². The van der Waals surface area contributed by atoms with Gasteiger partial charge in [-0.25, -0.2) is 0 Å². The van der Waals surface area contributed by atoms with Gasteiger partial charge in [0.1, 0.15) is 5.75 Å². The van der Waals surface area contributed by atoms with E-state index in [-0.39, 0.29) is 0 Å². The minimum absolute atomic E-state index is 0.455. The zero-order valence-corrected chi connectivity index (χ0v) is 10.7. The zero-order chi connectivity index (χ0) is 12.8. The summed E-state index contributed by atoms with van der Waals surface area (Å²) in [4.78, 5) is 0. The Hall–Kier alpha value is -1.51. The number of aliphatic hydroxyl groups excluding tert-OH is 1. The van der Waals surface area contributed by atoms with E-state index in [4.69, 9.17) is 16.3 Å². The van der Waals surface area contributed by atoms with Crippen LogP contribution >= 0.6 is 11.6 Å². The molecule has 0 saturated carbocycles. The van der Waals surface area contributed by atoms with Crippen LogP contribution in [0.3, 0.4) is 0 Å². The highest BCUT2D eigenvalue weighted by molar-refractivity contribution is 6.31. The number of ether oxygens (including phenoxy) is 1. The lowest BCUT2D eigenvalue weighted by Gasteiger charge is -2.13. The van der Waals surface area contributed by atoms with Crippen molar-refractivity contribution in [2.24, 2.45) is 0 Å². The Balaban J connectivity index is 1.86. The van der Waals surface area contributed by atoms with Crippen LogP contribution in [0, 0.1) is 0 Å². The maximum absolute atomic E-state index is 10.0. The van der Waals surface area contributed by atoms with Crippen LogP contribution in [0.15, 0.2) is 54.6 Å². The summed E-state index contributed by atoms with van der Waals surface area (Å²) < 4.78 is 5.53. The van der Waals surface area contributed by atoms with Gasteiger partial charge in [-0.1, -0.05) is 48.0 Å². The van der Waals surface area contributed by atoms with Gasteiger partial charge >= 0.3 is 0 Å². The third-order valence-corrected chi connectivity index (χ3v) is 3.01. The van der Waals surface area contributed by atoms with Crippen LogP contribution < -0.4 is 4.74 Å². The lowest BCUT2D eigenvalue weighted by Crippen LogP contribution is -2.05. The summed E-state index contributed by atoms with van der Waals surface area (Å²) in [6.45, 7) is 0.455. The predicted octanol–water partition coefficient (Wildman–Crippen LogP) is 3.84. The SMILES string of the molecule is OC(CCOc1ccccc1)c1ccccc1Cl. The first-order valence-electron chi connectivity index (χ1n) is 5.87. The van der Waals surface area contributed by atoms with Crippen LogP contribution in [0.1, 0.15) is 18.1 Å². The van der Waals surface area contributed by atoms with E-state index in [9.17, 15) is 5.11 Å². The van der Waals surface area contributed by atoms with E-state index in [1.165, 1.54) is 0 Å². The molecule has 2 aromatic rings. The summed E-state index contributed by atoms with van der Waals surface area (Å²) in [5.41, 5.74) is 0.746. The molecule has 0 aliphatic carbocycles. The highest BCUT2D eigenvalue weighted by atomic mass is 35.5. The molecule has 0 aliphatic heterocycles. The van der Waals surface area contributed by atoms with Gasteiger partial charge in [-0.15, -0.1) is 0 Å². The normalized spacial score (nSPS) is 12.1. The first kappa shape index (κ1) is 12.9. The molecule has 1 unspecified atom stereocenters. The van der Waals surface area contributed by atoms with Gasteiger partial charge < -0.3 is 9.84 Å². The fraction of sp³-hybridized carbons (Fsp3) is 0.200. The van der Waals surface area contributed by atoms with Crippen molar-refractivity contribution in [1.82, 2.24) is 0 Å². The number of rotatable bonds is 5. The number of benzene rings is 2. The van der Waals surface area contributed by atoms with Gasteiger partial charge in [-0.05, 0) is 23.8 Å². The molecular formula is C15H15ClO2. The second-order valence-electron chi connectivity index (χ2n) is 3.99.